The number of nitrogens with one attached hydrogen (secondary N) is 1. The van der Waals surface area contributed by atoms with Gasteiger partial charge in [-0.15, -0.1) is 0 Å². The van der Waals surface area contributed by atoms with E-state index in [-0.39, 0.29) is 0 Å². The quantitative estimate of drug-likeness (QED) is 0.856. The van der Waals surface area contributed by atoms with Crippen LogP contribution in [-0.2, 0) is 13.1 Å². The fourth-order valence-electron chi connectivity index (χ4n) is 1.75. The number of furan rings is 1. The maximum atomic E-state index is 5.28. The molecule has 3 nitrogen and oxygen atoms in total. The second kappa shape index (κ2) is 5.55. The van der Waals surface area contributed by atoms with Crippen LogP contribution in [0.2, 0.25) is 0 Å². The first-order chi connectivity index (χ1) is 8.24. The Labute approximate surface area is 102 Å². The summed E-state index contributed by atoms with van der Waals surface area (Å²) in [6, 6.07) is 12.3. The van der Waals surface area contributed by atoms with Crippen molar-refractivity contribution < 1.29 is 4.42 Å². The Morgan fingerprint density at radius 3 is 2.76 bits per heavy atom. The minimum Gasteiger partial charge on any atom is -0.467 e. The van der Waals surface area contributed by atoms with Crippen molar-refractivity contribution in [3.63, 3.8) is 0 Å². The summed E-state index contributed by atoms with van der Waals surface area (Å²) >= 11 is 0. The van der Waals surface area contributed by atoms with Crippen molar-refractivity contribution in [1.29, 1.82) is 0 Å². The Kier molecular flexibility index (Phi) is 3.83. The molecule has 0 fully saturated rings. The summed E-state index contributed by atoms with van der Waals surface area (Å²) in [5, 5.41) is 3.35. The van der Waals surface area contributed by atoms with Crippen LogP contribution in [0.25, 0.3) is 0 Å². The normalized spacial score (nSPS) is 10.8. The zero-order chi connectivity index (χ0) is 12.1. The molecule has 0 aliphatic rings. The molecule has 0 aliphatic heterocycles. The lowest BCUT2D eigenvalue weighted by Gasteiger charge is -2.11. The van der Waals surface area contributed by atoms with Gasteiger partial charge in [0.25, 0.3) is 0 Å². The minimum atomic E-state index is 0.721. The van der Waals surface area contributed by atoms with Gasteiger partial charge >= 0.3 is 0 Å². The highest BCUT2D eigenvalue weighted by molar-refractivity contribution is 5.45. The van der Waals surface area contributed by atoms with Gasteiger partial charge in [-0.25, -0.2) is 0 Å². The third-order valence-corrected chi connectivity index (χ3v) is 2.47. The Morgan fingerprint density at radius 2 is 2.06 bits per heavy atom. The fraction of sp³-hybridized carbons (Fsp3) is 0.286. The van der Waals surface area contributed by atoms with E-state index in [0.29, 0.717) is 0 Å². The minimum absolute atomic E-state index is 0.721. The van der Waals surface area contributed by atoms with Gasteiger partial charge in [-0.1, -0.05) is 12.1 Å². The second-order valence-corrected chi connectivity index (χ2v) is 4.37. The van der Waals surface area contributed by atoms with Crippen LogP contribution in [0.4, 0.5) is 5.69 Å². The van der Waals surface area contributed by atoms with Gasteiger partial charge in [-0.2, -0.15) is 0 Å². The van der Waals surface area contributed by atoms with Gasteiger partial charge < -0.3 is 14.6 Å². The van der Waals surface area contributed by atoms with Gasteiger partial charge in [-0.3, -0.25) is 0 Å². The molecular formula is C14H18N2O. The van der Waals surface area contributed by atoms with Gasteiger partial charge in [-0.05, 0) is 43.9 Å². The molecule has 0 saturated carbocycles. The Bertz CT molecular complexity index is 449. The molecule has 0 atom stereocenters. The van der Waals surface area contributed by atoms with Crippen molar-refractivity contribution in [3.05, 3.63) is 54.0 Å². The molecule has 0 radical (unpaired) electrons. The van der Waals surface area contributed by atoms with E-state index >= 15 is 0 Å². The third kappa shape index (κ3) is 3.64. The van der Waals surface area contributed by atoms with Gasteiger partial charge in [0.1, 0.15) is 5.76 Å². The van der Waals surface area contributed by atoms with E-state index in [4.69, 9.17) is 4.42 Å². The lowest BCUT2D eigenvalue weighted by Crippen LogP contribution is -2.10. The Balaban J connectivity index is 1.96. The summed E-state index contributed by atoms with van der Waals surface area (Å²) in [6.45, 7) is 1.68. The molecule has 17 heavy (non-hydrogen) atoms. The summed E-state index contributed by atoms with van der Waals surface area (Å²) in [7, 11) is 4.14. The average molecular weight is 230 g/mol. The lowest BCUT2D eigenvalue weighted by atomic mass is 10.2. The highest BCUT2D eigenvalue weighted by atomic mass is 16.3. The Hall–Kier alpha value is -1.74. The van der Waals surface area contributed by atoms with Crippen molar-refractivity contribution in [1.82, 2.24) is 4.90 Å². The molecule has 3 heteroatoms. The topological polar surface area (TPSA) is 28.4 Å². The van der Waals surface area contributed by atoms with E-state index < -0.39 is 0 Å². The van der Waals surface area contributed by atoms with Crippen LogP contribution < -0.4 is 5.32 Å². The summed E-state index contributed by atoms with van der Waals surface area (Å²) in [5.41, 5.74) is 2.43. The zero-order valence-corrected chi connectivity index (χ0v) is 10.3. The van der Waals surface area contributed by atoms with Crippen LogP contribution in [-0.4, -0.2) is 19.0 Å². The number of hydrogen-bond donors (Lipinski definition) is 1. The predicted molar refractivity (Wildman–Crippen MR) is 69.9 cm³/mol. The van der Waals surface area contributed by atoms with E-state index in [1.54, 1.807) is 6.26 Å². The lowest BCUT2D eigenvalue weighted by molar-refractivity contribution is 0.402. The smallest absolute Gasteiger partial charge is 0.122 e. The monoisotopic (exact) mass is 230 g/mol. The van der Waals surface area contributed by atoms with Crippen LogP contribution >= 0.6 is 0 Å². The zero-order valence-electron chi connectivity index (χ0n) is 10.3. The van der Waals surface area contributed by atoms with Gasteiger partial charge in [0, 0.05) is 12.2 Å². The summed E-state index contributed by atoms with van der Waals surface area (Å²) in [5.74, 6) is 0.947. The van der Waals surface area contributed by atoms with E-state index in [0.717, 1.165) is 24.5 Å². The first-order valence-electron chi connectivity index (χ1n) is 5.74. The Morgan fingerprint density at radius 1 is 1.18 bits per heavy atom. The van der Waals surface area contributed by atoms with Crippen molar-refractivity contribution in [3.8, 4) is 0 Å². The van der Waals surface area contributed by atoms with Crippen molar-refractivity contribution in [2.45, 2.75) is 13.1 Å². The van der Waals surface area contributed by atoms with E-state index in [9.17, 15) is 0 Å². The van der Waals surface area contributed by atoms with Crippen LogP contribution in [0.3, 0.4) is 0 Å². The maximum Gasteiger partial charge on any atom is 0.122 e. The van der Waals surface area contributed by atoms with Crippen LogP contribution in [0, 0.1) is 0 Å². The van der Waals surface area contributed by atoms with E-state index in [2.05, 4.69) is 48.6 Å². The summed E-state index contributed by atoms with van der Waals surface area (Å²) in [4.78, 5) is 2.16. The van der Waals surface area contributed by atoms with Gasteiger partial charge in [0.05, 0.1) is 12.8 Å². The molecule has 1 N–H and O–H groups in total. The first-order valence-corrected chi connectivity index (χ1v) is 5.74. The fourth-order valence-corrected chi connectivity index (χ4v) is 1.75. The van der Waals surface area contributed by atoms with E-state index in [1.165, 1.54) is 5.56 Å². The first kappa shape index (κ1) is 11.7. The van der Waals surface area contributed by atoms with Gasteiger partial charge in [0.2, 0.25) is 0 Å². The molecule has 0 amide bonds. The molecule has 0 bridgehead atoms. The maximum absolute atomic E-state index is 5.28. The number of benzene rings is 1. The van der Waals surface area contributed by atoms with Crippen LogP contribution in [0.15, 0.2) is 47.1 Å². The number of nitrogens with zero attached hydrogens (tertiary/aromatic N) is 1. The molecule has 2 rings (SSSR count). The standard InChI is InChI=1S/C14H18N2O/c1-16(2)11-12-5-3-6-13(9-12)15-10-14-7-4-8-17-14/h3-9,15H,10-11H2,1-2H3. The third-order valence-electron chi connectivity index (χ3n) is 2.47. The highest BCUT2D eigenvalue weighted by Gasteiger charge is 1.99. The van der Waals surface area contributed by atoms with Crippen LogP contribution in [0.1, 0.15) is 11.3 Å². The molecule has 0 aliphatic carbocycles. The molecule has 1 aromatic carbocycles. The van der Waals surface area contributed by atoms with Crippen LogP contribution in [0.5, 0.6) is 0 Å². The highest BCUT2D eigenvalue weighted by Crippen LogP contribution is 2.13. The average Bonchev–Trinajstić information content (AvgIpc) is 2.79. The molecule has 2 aromatic rings. The van der Waals surface area contributed by atoms with Gasteiger partial charge in [0.15, 0.2) is 0 Å². The molecule has 0 unspecified atom stereocenters. The number of rotatable bonds is 5. The molecule has 1 heterocycles. The second-order valence-electron chi connectivity index (χ2n) is 4.37. The largest absolute Gasteiger partial charge is 0.467 e. The number of anilines is 1. The molecule has 0 saturated heterocycles. The molecular weight excluding hydrogens is 212 g/mol. The molecule has 0 spiro atoms. The summed E-state index contributed by atoms with van der Waals surface area (Å²) in [6.07, 6.45) is 1.69. The SMILES string of the molecule is CN(C)Cc1cccc(NCc2ccco2)c1. The van der Waals surface area contributed by atoms with Crippen molar-refractivity contribution in [2.24, 2.45) is 0 Å². The van der Waals surface area contributed by atoms with Crippen molar-refractivity contribution in [2.75, 3.05) is 19.4 Å². The predicted octanol–water partition coefficient (Wildman–Crippen LogP) is 2.95. The summed E-state index contributed by atoms with van der Waals surface area (Å²) < 4.78 is 5.28. The van der Waals surface area contributed by atoms with E-state index in [1.807, 2.05) is 12.1 Å². The molecule has 1 aromatic heterocycles. The number of hydrogen-bond acceptors (Lipinski definition) is 3. The van der Waals surface area contributed by atoms with Crippen molar-refractivity contribution >= 4 is 5.69 Å². The molecule has 90 valence electrons.